The lowest BCUT2D eigenvalue weighted by molar-refractivity contribution is -0.133. The minimum Gasteiger partial charge on any atom is -0.493 e. The Balaban J connectivity index is 2.07. The van der Waals surface area contributed by atoms with Gasteiger partial charge in [-0.1, -0.05) is 17.7 Å². The average molecular weight is 421 g/mol. The largest absolute Gasteiger partial charge is 0.493 e. The van der Waals surface area contributed by atoms with Gasteiger partial charge in [0.2, 0.25) is 0 Å². The number of rotatable bonds is 10. The normalized spacial score (nSPS) is 10.3. The van der Waals surface area contributed by atoms with Crippen molar-refractivity contribution in [1.82, 2.24) is 4.90 Å². The number of methoxy groups -OCH3 is 1. The summed E-state index contributed by atoms with van der Waals surface area (Å²) in [6.07, 6.45) is 0. The Labute approximate surface area is 175 Å². The highest BCUT2D eigenvalue weighted by Gasteiger charge is 2.17. The van der Waals surface area contributed by atoms with E-state index in [1.54, 1.807) is 18.1 Å². The van der Waals surface area contributed by atoms with E-state index < -0.39 is 5.91 Å². The van der Waals surface area contributed by atoms with Gasteiger partial charge in [0.05, 0.1) is 19.3 Å². The van der Waals surface area contributed by atoms with Gasteiger partial charge in [0.25, 0.3) is 11.8 Å². The van der Waals surface area contributed by atoms with Crippen molar-refractivity contribution in [3.63, 3.8) is 0 Å². The van der Waals surface area contributed by atoms with Crippen LogP contribution in [0.5, 0.6) is 17.2 Å². The lowest BCUT2D eigenvalue weighted by Gasteiger charge is -2.22. The maximum absolute atomic E-state index is 12.6. The fraction of sp³-hybridized carbons (Fsp3) is 0.333. The molecule has 2 aromatic carbocycles. The molecule has 2 amide bonds. The summed E-state index contributed by atoms with van der Waals surface area (Å²) in [6.45, 7) is 4.94. The van der Waals surface area contributed by atoms with Crippen LogP contribution in [0.25, 0.3) is 0 Å². The SMILES string of the molecule is CCOc1ccc(CN(CC)C(=O)COc2ccc(Cl)cc2C(N)=O)cc1OC. The highest BCUT2D eigenvalue weighted by atomic mass is 35.5. The first-order valence-corrected chi connectivity index (χ1v) is 9.57. The molecule has 2 rings (SSSR count). The fourth-order valence-corrected chi connectivity index (χ4v) is 2.91. The van der Waals surface area contributed by atoms with E-state index in [9.17, 15) is 9.59 Å². The van der Waals surface area contributed by atoms with Gasteiger partial charge in [-0.2, -0.15) is 0 Å². The molecule has 0 fully saturated rings. The van der Waals surface area contributed by atoms with Crippen molar-refractivity contribution in [3.05, 3.63) is 52.5 Å². The van der Waals surface area contributed by atoms with Crippen LogP contribution < -0.4 is 19.9 Å². The highest BCUT2D eigenvalue weighted by Crippen LogP contribution is 2.28. The Hall–Kier alpha value is -2.93. The maximum Gasteiger partial charge on any atom is 0.260 e. The van der Waals surface area contributed by atoms with Gasteiger partial charge in [0.15, 0.2) is 18.1 Å². The molecule has 0 atom stereocenters. The molecule has 0 saturated carbocycles. The molecule has 0 spiro atoms. The molecule has 2 N–H and O–H groups in total. The van der Waals surface area contributed by atoms with Gasteiger partial charge in [-0.25, -0.2) is 0 Å². The standard InChI is InChI=1S/C21H25ClN2O5/c1-4-24(12-14-6-8-18(28-5-2)19(10-14)27-3)20(25)13-29-17-9-7-15(22)11-16(17)21(23)26/h6-11H,4-5,12-13H2,1-3H3,(H2,23,26). The maximum atomic E-state index is 12.6. The molecule has 29 heavy (non-hydrogen) atoms. The first-order valence-electron chi connectivity index (χ1n) is 9.19. The van der Waals surface area contributed by atoms with E-state index in [-0.39, 0.29) is 23.8 Å². The van der Waals surface area contributed by atoms with E-state index in [0.717, 1.165) is 5.56 Å². The van der Waals surface area contributed by atoms with Crippen LogP contribution in [0.4, 0.5) is 0 Å². The van der Waals surface area contributed by atoms with E-state index in [1.807, 2.05) is 32.0 Å². The Morgan fingerprint density at radius 3 is 2.38 bits per heavy atom. The molecule has 156 valence electrons. The van der Waals surface area contributed by atoms with Crippen LogP contribution in [0.3, 0.4) is 0 Å². The van der Waals surface area contributed by atoms with E-state index in [4.69, 9.17) is 31.5 Å². The molecular weight excluding hydrogens is 396 g/mol. The van der Waals surface area contributed by atoms with E-state index in [0.29, 0.717) is 36.2 Å². The first kappa shape index (κ1) is 22.4. The second-order valence-electron chi connectivity index (χ2n) is 6.12. The summed E-state index contributed by atoms with van der Waals surface area (Å²) in [5.41, 5.74) is 6.37. The summed E-state index contributed by atoms with van der Waals surface area (Å²) < 4.78 is 16.4. The van der Waals surface area contributed by atoms with Crippen LogP contribution >= 0.6 is 11.6 Å². The third-order valence-corrected chi connectivity index (χ3v) is 4.43. The summed E-state index contributed by atoms with van der Waals surface area (Å²) in [4.78, 5) is 25.8. The molecule has 8 heteroatoms. The van der Waals surface area contributed by atoms with E-state index >= 15 is 0 Å². The first-order chi connectivity index (χ1) is 13.9. The van der Waals surface area contributed by atoms with Gasteiger partial charge in [0, 0.05) is 18.1 Å². The van der Waals surface area contributed by atoms with Crippen LogP contribution in [-0.2, 0) is 11.3 Å². The number of hydrogen-bond donors (Lipinski definition) is 1. The lowest BCUT2D eigenvalue weighted by atomic mass is 10.2. The van der Waals surface area contributed by atoms with Crippen molar-refractivity contribution in [2.24, 2.45) is 5.73 Å². The van der Waals surface area contributed by atoms with E-state index in [1.165, 1.54) is 12.1 Å². The molecule has 0 saturated heterocycles. The third kappa shape index (κ3) is 6.02. The van der Waals surface area contributed by atoms with Gasteiger partial charge < -0.3 is 24.8 Å². The number of carbonyl (C=O) groups excluding carboxylic acids is 2. The number of benzene rings is 2. The second kappa shape index (κ2) is 10.6. The number of halogens is 1. The van der Waals surface area contributed by atoms with Crippen LogP contribution in [0.15, 0.2) is 36.4 Å². The predicted molar refractivity (Wildman–Crippen MR) is 111 cm³/mol. The number of nitrogens with two attached hydrogens (primary N) is 1. The molecule has 0 radical (unpaired) electrons. The van der Waals surface area contributed by atoms with Crippen molar-refractivity contribution in [3.8, 4) is 17.2 Å². The molecule has 0 aliphatic rings. The average Bonchev–Trinajstić information content (AvgIpc) is 2.71. The minimum atomic E-state index is -0.677. The van der Waals surface area contributed by atoms with Crippen LogP contribution in [-0.4, -0.2) is 43.6 Å². The molecule has 0 aliphatic heterocycles. The Morgan fingerprint density at radius 1 is 1.03 bits per heavy atom. The number of carbonyl (C=O) groups is 2. The van der Waals surface area contributed by atoms with Crippen molar-refractivity contribution < 1.29 is 23.8 Å². The smallest absolute Gasteiger partial charge is 0.260 e. The van der Waals surface area contributed by atoms with Gasteiger partial charge in [-0.05, 0) is 49.7 Å². The van der Waals surface area contributed by atoms with Crippen molar-refractivity contribution in [2.75, 3.05) is 26.9 Å². The van der Waals surface area contributed by atoms with Gasteiger partial charge in [-0.15, -0.1) is 0 Å². The Kier molecular flexibility index (Phi) is 8.15. The zero-order valence-corrected chi connectivity index (χ0v) is 17.5. The van der Waals surface area contributed by atoms with Crippen molar-refractivity contribution in [2.45, 2.75) is 20.4 Å². The zero-order valence-electron chi connectivity index (χ0n) is 16.7. The molecule has 7 nitrogen and oxygen atoms in total. The topological polar surface area (TPSA) is 91.1 Å². The van der Waals surface area contributed by atoms with Crippen LogP contribution in [0.2, 0.25) is 5.02 Å². The summed E-state index contributed by atoms with van der Waals surface area (Å²) in [7, 11) is 1.57. The molecule has 0 aliphatic carbocycles. The number of nitrogens with zero attached hydrogens (tertiary/aromatic N) is 1. The number of likely N-dealkylation sites (N-methyl/N-ethyl adjacent to an activating group) is 1. The minimum absolute atomic E-state index is 0.129. The van der Waals surface area contributed by atoms with E-state index in [2.05, 4.69) is 0 Å². The lowest BCUT2D eigenvalue weighted by Crippen LogP contribution is -2.34. The quantitative estimate of drug-likeness (QED) is 0.637. The fourth-order valence-electron chi connectivity index (χ4n) is 2.73. The number of hydrogen-bond acceptors (Lipinski definition) is 5. The van der Waals surface area contributed by atoms with Crippen molar-refractivity contribution >= 4 is 23.4 Å². The molecule has 0 heterocycles. The molecular formula is C21H25ClN2O5. The Bertz CT molecular complexity index is 872. The monoisotopic (exact) mass is 420 g/mol. The molecule has 0 bridgehead atoms. The van der Waals surface area contributed by atoms with Gasteiger partial charge in [0.1, 0.15) is 5.75 Å². The number of ether oxygens (including phenoxy) is 3. The van der Waals surface area contributed by atoms with Crippen LogP contribution in [0.1, 0.15) is 29.8 Å². The summed E-state index contributed by atoms with van der Waals surface area (Å²) in [6, 6.07) is 10.0. The third-order valence-electron chi connectivity index (χ3n) is 4.19. The summed E-state index contributed by atoms with van der Waals surface area (Å²) in [5.74, 6) is 0.568. The predicted octanol–water partition coefficient (Wildman–Crippen LogP) is 3.27. The second-order valence-corrected chi connectivity index (χ2v) is 6.56. The highest BCUT2D eigenvalue weighted by molar-refractivity contribution is 6.31. The molecule has 0 unspecified atom stereocenters. The zero-order chi connectivity index (χ0) is 21.4. The summed E-state index contributed by atoms with van der Waals surface area (Å²) in [5, 5.41) is 0.358. The molecule has 2 aromatic rings. The molecule has 0 aromatic heterocycles. The van der Waals surface area contributed by atoms with Crippen molar-refractivity contribution in [1.29, 1.82) is 0 Å². The van der Waals surface area contributed by atoms with Gasteiger partial charge in [-0.3, -0.25) is 9.59 Å². The number of amides is 2. The van der Waals surface area contributed by atoms with Gasteiger partial charge >= 0.3 is 0 Å². The van der Waals surface area contributed by atoms with Crippen LogP contribution in [0, 0.1) is 0 Å². The number of primary amides is 1. The Morgan fingerprint density at radius 2 is 1.76 bits per heavy atom. The summed E-state index contributed by atoms with van der Waals surface area (Å²) >= 11 is 5.88.